The van der Waals surface area contributed by atoms with Crippen LogP contribution in [0.2, 0.25) is 0 Å². The Morgan fingerprint density at radius 1 is 0.933 bits per heavy atom. The van der Waals surface area contributed by atoms with E-state index in [0.29, 0.717) is 45.3 Å². The Hall–Kier alpha value is -1.59. The van der Waals surface area contributed by atoms with Crippen LogP contribution in [0.15, 0.2) is 35.4 Å². The first kappa shape index (κ1) is 33.3. The van der Waals surface area contributed by atoms with Crippen molar-refractivity contribution in [2.75, 3.05) is 19.8 Å². The van der Waals surface area contributed by atoms with Gasteiger partial charge in [-0.15, -0.1) is 0 Å². The minimum Gasteiger partial charge on any atom is -0.396 e. The number of fused-ring (bicyclic) bond motifs is 4. The SMILES string of the molecule is C[C@H](CCO)c1ccc([C@H]2C[C@@]3(C)C(CC[C@@]3(O)C(F)(F)C(F)(F)F)C3CCC4(O)CC5(CCC4=C32)OCC(C)(C)CO5)cc1. The highest BCUT2D eigenvalue weighted by Gasteiger charge is 2.79. The van der Waals surface area contributed by atoms with Crippen LogP contribution in [0.3, 0.4) is 0 Å². The Morgan fingerprint density at radius 3 is 2.18 bits per heavy atom. The van der Waals surface area contributed by atoms with Crippen molar-refractivity contribution in [1.29, 1.82) is 0 Å². The first-order valence-electron chi connectivity index (χ1n) is 16.4. The molecule has 4 aliphatic carbocycles. The van der Waals surface area contributed by atoms with E-state index in [1.165, 1.54) is 6.92 Å². The van der Waals surface area contributed by atoms with Crippen LogP contribution in [0, 0.1) is 22.7 Å². The lowest BCUT2D eigenvalue weighted by Crippen LogP contribution is -2.65. The van der Waals surface area contributed by atoms with Crippen LogP contribution >= 0.6 is 0 Å². The third-order valence-corrected chi connectivity index (χ3v) is 12.4. The average Bonchev–Trinajstić information content (AvgIpc) is 3.25. The number of halogens is 5. The largest absolute Gasteiger partial charge is 0.456 e. The van der Waals surface area contributed by atoms with Gasteiger partial charge in [0, 0.05) is 36.2 Å². The van der Waals surface area contributed by atoms with Gasteiger partial charge in [-0.2, -0.15) is 22.0 Å². The fraction of sp³-hybridized carbons (Fsp3) is 0.771. The van der Waals surface area contributed by atoms with Crippen molar-refractivity contribution in [3.8, 4) is 0 Å². The highest BCUT2D eigenvalue weighted by molar-refractivity contribution is 5.45. The molecule has 7 atom stereocenters. The molecule has 0 aromatic heterocycles. The van der Waals surface area contributed by atoms with Crippen LogP contribution in [0.25, 0.3) is 0 Å². The summed E-state index contributed by atoms with van der Waals surface area (Å²) in [7, 11) is 0. The lowest BCUT2D eigenvalue weighted by Gasteiger charge is -2.59. The van der Waals surface area contributed by atoms with E-state index in [4.69, 9.17) is 9.47 Å². The highest BCUT2D eigenvalue weighted by Crippen LogP contribution is 2.71. The first-order valence-corrected chi connectivity index (χ1v) is 16.4. The molecule has 252 valence electrons. The fourth-order valence-corrected chi connectivity index (χ4v) is 9.72. The van der Waals surface area contributed by atoms with Gasteiger partial charge in [0.2, 0.25) is 0 Å². The van der Waals surface area contributed by atoms with E-state index in [0.717, 1.165) is 22.3 Å². The minimum atomic E-state index is -5.89. The maximum atomic E-state index is 15.3. The lowest BCUT2D eigenvalue weighted by atomic mass is 9.49. The summed E-state index contributed by atoms with van der Waals surface area (Å²) < 4.78 is 84.9. The van der Waals surface area contributed by atoms with Gasteiger partial charge < -0.3 is 24.8 Å². The predicted molar refractivity (Wildman–Crippen MR) is 158 cm³/mol. The fourth-order valence-electron chi connectivity index (χ4n) is 9.72. The number of ether oxygens (including phenoxy) is 2. The number of rotatable bonds is 5. The summed E-state index contributed by atoms with van der Waals surface area (Å²) in [4.78, 5) is 0. The van der Waals surface area contributed by atoms with Crippen LogP contribution in [0.1, 0.15) is 108 Å². The molecular weight excluding hydrogens is 595 g/mol. The number of allylic oxidation sites excluding steroid dienone is 1. The average molecular weight is 643 g/mol. The van der Waals surface area contributed by atoms with Gasteiger partial charge in [-0.1, -0.05) is 57.5 Å². The summed E-state index contributed by atoms with van der Waals surface area (Å²) in [6.45, 7) is 8.55. The van der Waals surface area contributed by atoms with Gasteiger partial charge in [-0.3, -0.25) is 0 Å². The monoisotopic (exact) mass is 642 g/mol. The Balaban J connectivity index is 1.44. The van der Waals surface area contributed by atoms with Gasteiger partial charge in [-0.25, -0.2) is 0 Å². The van der Waals surface area contributed by atoms with E-state index in [9.17, 15) is 28.5 Å². The minimum absolute atomic E-state index is 0.0280. The first-order chi connectivity index (χ1) is 20.8. The standard InChI is InChI=1S/C35H47F5O5/c1-21(12-16-41)22-5-7-23(8-6-22)25-17-30(4)26(11-15-33(30,43)34(36,37)35(38,39)40)24-9-13-31(42)18-32(14-10-27(31)28(24)25)44-19-29(2,3)20-45-32/h5-8,21,24-26,41-43H,9-20H2,1-4H3/t21-,24?,25-,26?,30+,31?,33+/m1/s1. The van der Waals surface area contributed by atoms with Gasteiger partial charge in [0.1, 0.15) is 5.60 Å². The Kier molecular flexibility index (Phi) is 7.93. The second kappa shape index (κ2) is 10.7. The molecule has 10 heteroatoms. The Labute approximate surface area is 262 Å². The molecule has 3 saturated carbocycles. The maximum absolute atomic E-state index is 15.3. The van der Waals surface area contributed by atoms with Gasteiger partial charge in [-0.05, 0) is 79.4 Å². The molecular formula is C35H47F5O5. The molecule has 1 heterocycles. The van der Waals surface area contributed by atoms with Crippen molar-refractivity contribution in [2.45, 2.75) is 126 Å². The molecule has 1 spiro atoms. The van der Waals surface area contributed by atoms with E-state index in [1.54, 1.807) is 0 Å². The number of alkyl halides is 5. The summed E-state index contributed by atoms with van der Waals surface area (Å²) in [5, 5.41) is 33.3. The number of aliphatic hydroxyl groups is 3. The van der Waals surface area contributed by atoms with Crippen molar-refractivity contribution in [2.24, 2.45) is 22.7 Å². The molecule has 0 amide bonds. The molecule has 1 aromatic rings. The normalized spacial score (nSPS) is 38.4. The Morgan fingerprint density at radius 2 is 1.58 bits per heavy atom. The van der Waals surface area contributed by atoms with Crippen LogP contribution in [0.5, 0.6) is 0 Å². The second-order valence-electron chi connectivity index (χ2n) is 15.8. The second-order valence-corrected chi connectivity index (χ2v) is 15.8. The van der Waals surface area contributed by atoms with Gasteiger partial charge in [0.05, 0.1) is 18.8 Å². The molecule has 6 rings (SSSR count). The van der Waals surface area contributed by atoms with E-state index in [-0.39, 0.29) is 43.1 Å². The van der Waals surface area contributed by atoms with Crippen LogP contribution in [-0.2, 0) is 9.47 Å². The van der Waals surface area contributed by atoms with Crippen molar-refractivity contribution in [1.82, 2.24) is 0 Å². The molecule has 3 N–H and O–H groups in total. The van der Waals surface area contributed by atoms with Crippen molar-refractivity contribution in [3.05, 3.63) is 46.5 Å². The van der Waals surface area contributed by atoms with E-state index in [1.807, 2.05) is 31.2 Å². The van der Waals surface area contributed by atoms with Crippen molar-refractivity contribution >= 4 is 0 Å². The molecule has 5 aliphatic rings. The van der Waals surface area contributed by atoms with Crippen LogP contribution < -0.4 is 0 Å². The molecule has 1 aromatic carbocycles. The number of hydrogen-bond acceptors (Lipinski definition) is 5. The molecule has 1 aliphatic heterocycles. The predicted octanol–water partition coefficient (Wildman–Crippen LogP) is 7.40. The summed E-state index contributed by atoms with van der Waals surface area (Å²) >= 11 is 0. The van der Waals surface area contributed by atoms with E-state index >= 15 is 8.78 Å². The van der Waals surface area contributed by atoms with Crippen molar-refractivity contribution in [3.63, 3.8) is 0 Å². The topological polar surface area (TPSA) is 79.2 Å². The zero-order chi connectivity index (χ0) is 32.8. The number of benzene rings is 1. The van der Waals surface area contributed by atoms with E-state index in [2.05, 4.69) is 13.8 Å². The molecule has 0 radical (unpaired) electrons. The van der Waals surface area contributed by atoms with Crippen LogP contribution in [-0.4, -0.2) is 64.2 Å². The quantitative estimate of drug-likeness (QED) is 0.231. The maximum Gasteiger partial charge on any atom is 0.456 e. The molecule has 0 bridgehead atoms. The molecule has 4 fully saturated rings. The summed E-state index contributed by atoms with van der Waals surface area (Å²) in [5.74, 6) is -7.63. The summed E-state index contributed by atoms with van der Waals surface area (Å²) in [6, 6.07) is 7.63. The molecule has 3 unspecified atom stereocenters. The van der Waals surface area contributed by atoms with Crippen LogP contribution in [0.4, 0.5) is 22.0 Å². The smallest absolute Gasteiger partial charge is 0.396 e. The third-order valence-electron chi connectivity index (χ3n) is 12.4. The molecule has 45 heavy (non-hydrogen) atoms. The molecule has 5 nitrogen and oxygen atoms in total. The highest BCUT2D eigenvalue weighted by atomic mass is 19.4. The lowest BCUT2D eigenvalue weighted by molar-refractivity contribution is -0.362. The third kappa shape index (κ3) is 5.02. The van der Waals surface area contributed by atoms with Gasteiger partial charge in [0.15, 0.2) is 5.79 Å². The van der Waals surface area contributed by atoms with Gasteiger partial charge >= 0.3 is 12.1 Å². The summed E-state index contributed by atoms with van der Waals surface area (Å²) in [6.07, 6.45) is -4.06. The van der Waals surface area contributed by atoms with E-state index < -0.39 is 52.8 Å². The van der Waals surface area contributed by atoms with Gasteiger partial charge in [0.25, 0.3) is 0 Å². The molecule has 1 saturated heterocycles. The number of hydrogen-bond donors (Lipinski definition) is 3. The summed E-state index contributed by atoms with van der Waals surface area (Å²) in [5.41, 5.74) is -2.86. The van der Waals surface area contributed by atoms with Crippen molar-refractivity contribution < 1.29 is 46.7 Å². The zero-order valence-electron chi connectivity index (χ0n) is 26.7. The zero-order valence-corrected chi connectivity index (χ0v) is 26.7. The Bertz CT molecular complexity index is 1310. The number of aliphatic hydroxyl groups excluding tert-OH is 1.